The molecule has 0 aromatic carbocycles. The fourth-order valence-electron chi connectivity index (χ4n) is 1.27. The van der Waals surface area contributed by atoms with Crippen molar-refractivity contribution in [3.05, 3.63) is 21.9 Å². The standard InChI is InChI=1S/C9H16N2S/c1-6(2)8(11-10)9-7(3)4-5-12-9/h4-6,8,11H,10H2,1-3H3. The van der Waals surface area contributed by atoms with Gasteiger partial charge in [0.25, 0.3) is 0 Å². The van der Waals surface area contributed by atoms with Gasteiger partial charge in [-0.15, -0.1) is 11.3 Å². The number of nitrogens with two attached hydrogens (primary N) is 1. The first-order valence-corrected chi connectivity index (χ1v) is 5.05. The van der Waals surface area contributed by atoms with Crippen molar-refractivity contribution in [1.82, 2.24) is 5.43 Å². The molecule has 0 saturated heterocycles. The summed E-state index contributed by atoms with van der Waals surface area (Å²) in [5.41, 5.74) is 4.19. The number of hydrogen-bond acceptors (Lipinski definition) is 3. The molecular weight excluding hydrogens is 168 g/mol. The van der Waals surface area contributed by atoms with Gasteiger partial charge in [0.15, 0.2) is 0 Å². The normalized spacial score (nSPS) is 13.8. The number of rotatable bonds is 3. The van der Waals surface area contributed by atoms with Crippen molar-refractivity contribution < 1.29 is 0 Å². The zero-order chi connectivity index (χ0) is 9.14. The minimum atomic E-state index is 0.296. The number of hydrazine groups is 1. The Morgan fingerprint density at radius 2 is 2.17 bits per heavy atom. The Balaban J connectivity index is 2.87. The van der Waals surface area contributed by atoms with Crippen LogP contribution in [0.15, 0.2) is 11.4 Å². The van der Waals surface area contributed by atoms with E-state index in [1.165, 1.54) is 10.4 Å². The van der Waals surface area contributed by atoms with E-state index in [9.17, 15) is 0 Å². The van der Waals surface area contributed by atoms with Gasteiger partial charge in [-0.25, -0.2) is 0 Å². The summed E-state index contributed by atoms with van der Waals surface area (Å²) in [6.07, 6.45) is 0. The molecule has 1 aromatic heterocycles. The average molecular weight is 184 g/mol. The Kier molecular flexibility index (Phi) is 3.26. The first-order valence-electron chi connectivity index (χ1n) is 4.17. The first-order chi connectivity index (χ1) is 5.66. The Hall–Kier alpha value is -0.380. The van der Waals surface area contributed by atoms with E-state index in [0.717, 1.165) is 0 Å². The van der Waals surface area contributed by atoms with Crippen molar-refractivity contribution in [2.45, 2.75) is 26.8 Å². The molecule has 3 N–H and O–H groups in total. The highest BCUT2D eigenvalue weighted by Gasteiger charge is 2.16. The molecule has 0 fully saturated rings. The third kappa shape index (κ3) is 1.86. The van der Waals surface area contributed by atoms with Crippen LogP contribution in [0.5, 0.6) is 0 Å². The summed E-state index contributed by atoms with van der Waals surface area (Å²) in [6, 6.07) is 2.43. The number of nitrogens with one attached hydrogen (secondary N) is 1. The number of thiophene rings is 1. The lowest BCUT2D eigenvalue weighted by molar-refractivity contribution is 0.426. The summed E-state index contributed by atoms with van der Waals surface area (Å²) in [7, 11) is 0. The van der Waals surface area contributed by atoms with Crippen LogP contribution >= 0.6 is 11.3 Å². The monoisotopic (exact) mass is 184 g/mol. The van der Waals surface area contributed by atoms with E-state index in [1.807, 2.05) is 0 Å². The second-order valence-corrected chi connectivity index (χ2v) is 4.30. The van der Waals surface area contributed by atoms with E-state index in [1.54, 1.807) is 11.3 Å². The molecule has 1 unspecified atom stereocenters. The fraction of sp³-hybridized carbons (Fsp3) is 0.556. The summed E-state index contributed by atoms with van der Waals surface area (Å²) in [4.78, 5) is 1.35. The van der Waals surface area contributed by atoms with Gasteiger partial charge in [0, 0.05) is 4.88 Å². The van der Waals surface area contributed by atoms with Gasteiger partial charge in [-0.1, -0.05) is 13.8 Å². The summed E-state index contributed by atoms with van der Waals surface area (Å²) in [5.74, 6) is 6.03. The Labute approximate surface area is 77.8 Å². The highest BCUT2D eigenvalue weighted by atomic mass is 32.1. The van der Waals surface area contributed by atoms with Crippen LogP contribution in [-0.2, 0) is 0 Å². The number of aryl methyl sites for hydroxylation is 1. The predicted molar refractivity (Wildman–Crippen MR) is 54.0 cm³/mol. The largest absolute Gasteiger partial charge is 0.271 e. The van der Waals surface area contributed by atoms with Gasteiger partial charge in [-0.2, -0.15) is 0 Å². The molecule has 0 saturated carbocycles. The van der Waals surface area contributed by atoms with Crippen LogP contribution in [0.3, 0.4) is 0 Å². The van der Waals surface area contributed by atoms with Crippen molar-refractivity contribution >= 4 is 11.3 Å². The van der Waals surface area contributed by atoms with E-state index >= 15 is 0 Å². The van der Waals surface area contributed by atoms with Crippen LogP contribution in [0, 0.1) is 12.8 Å². The van der Waals surface area contributed by atoms with Crippen molar-refractivity contribution in [3.8, 4) is 0 Å². The van der Waals surface area contributed by atoms with Crippen LogP contribution in [-0.4, -0.2) is 0 Å². The van der Waals surface area contributed by atoms with Crippen LogP contribution in [0.25, 0.3) is 0 Å². The van der Waals surface area contributed by atoms with E-state index in [-0.39, 0.29) is 0 Å². The maximum Gasteiger partial charge on any atom is 0.0578 e. The predicted octanol–water partition coefficient (Wildman–Crippen LogP) is 2.22. The zero-order valence-corrected chi connectivity index (χ0v) is 8.61. The second-order valence-electron chi connectivity index (χ2n) is 3.36. The van der Waals surface area contributed by atoms with E-state index in [0.29, 0.717) is 12.0 Å². The first kappa shape index (κ1) is 9.71. The van der Waals surface area contributed by atoms with Crippen molar-refractivity contribution in [3.63, 3.8) is 0 Å². The topological polar surface area (TPSA) is 38.0 Å². The van der Waals surface area contributed by atoms with Crippen molar-refractivity contribution in [2.24, 2.45) is 11.8 Å². The fourth-order valence-corrected chi connectivity index (χ4v) is 2.43. The molecule has 1 aromatic rings. The van der Waals surface area contributed by atoms with Crippen LogP contribution in [0.4, 0.5) is 0 Å². The van der Waals surface area contributed by atoms with Gasteiger partial charge in [-0.05, 0) is 29.9 Å². The summed E-state index contributed by atoms with van der Waals surface area (Å²) in [5, 5.41) is 2.11. The molecule has 12 heavy (non-hydrogen) atoms. The van der Waals surface area contributed by atoms with Crippen molar-refractivity contribution in [1.29, 1.82) is 0 Å². The molecule has 0 aliphatic carbocycles. The second kappa shape index (κ2) is 4.03. The minimum Gasteiger partial charge on any atom is -0.271 e. The SMILES string of the molecule is Cc1ccsc1C(NN)C(C)C. The summed E-state index contributed by atoms with van der Waals surface area (Å²) < 4.78 is 0. The Morgan fingerprint density at radius 3 is 2.50 bits per heavy atom. The third-order valence-corrected chi connectivity index (χ3v) is 3.13. The lowest BCUT2D eigenvalue weighted by Crippen LogP contribution is -2.31. The molecule has 0 bridgehead atoms. The van der Waals surface area contributed by atoms with E-state index in [4.69, 9.17) is 5.84 Å². The molecular formula is C9H16N2S. The smallest absolute Gasteiger partial charge is 0.0578 e. The van der Waals surface area contributed by atoms with E-state index in [2.05, 4.69) is 37.6 Å². The lowest BCUT2D eigenvalue weighted by atomic mass is 10.0. The van der Waals surface area contributed by atoms with Crippen LogP contribution in [0.2, 0.25) is 0 Å². The maximum absolute atomic E-state index is 5.49. The summed E-state index contributed by atoms with van der Waals surface area (Å²) >= 11 is 1.77. The molecule has 1 rings (SSSR count). The van der Waals surface area contributed by atoms with Gasteiger partial charge in [0.1, 0.15) is 0 Å². The Bertz CT molecular complexity index is 242. The molecule has 0 spiro atoms. The molecule has 0 aliphatic rings. The molecule has 2 nitrogen and oxygen atoms in total. The zero-order valence-electron chi connectivity index (χ0n) is 7.79. The van der Waals surface area contributed by atoms with Gasteiger partial charge in [-0.3, -0.25) is 11.3 Å². The van der Waals surface area contributed by atoms with Gasteiger partial charge in [0.05, 0.1) is 6.04 Å². The molecule has 68 valence electrons. The minimum absolute atomic E-state index is 0.296. The van der Waals surface area contributed by atoms with Crippen molar-refractivity contribution in [2.75, 3.05) is 0 Å². The Morgan fingerprint density at radius 1 is 1.50 bits per heavy atom. The highest BCUT2D eigenvalue weighted by molar-refractivity contribution is 7.10. The lowest BCUT2D eigenvalue weighted by Gasteiger charge is -2.19. The average Bonchev–Trinajstić information content (AvgIpc) is 2.38. The van der Waals surface area contributed by atoms with E-state index < -0.39 is 0 Å². The molecule has 0 aliphatic heterocycles. The third-order valence-electron chi connectivity index (χ3n) is 2.03. The highest BCUT2D eigenvalue weighted by Crippen LogP contribution is 2.28. The molecule has 1 atom stereocenters. The van der Waals surface area contributed by atoms with Gasteiger partial charge >= 0.3 is 0 Å². The number of hydrogen-bond donors (Lipinski definition) is 2. The molecule has 1 heterocycles. The quantitative estimate of drug-likeness (QED) is 0.558. The van der Waals surface area contributed by atoms with Crippen LogP contribution in [0.1, 0.15) is 30.3 Å². The maximum atomic E-state index is 5.49. The molecule has 3 heteroatoms. The summed E-state index contributed by atoms with van der Waals surface area (Å²) in [6.45, 7) is 6.46. The molecule has 0 radical (unpaired) electrons. The van der Waals surface area contributed by atoms with Gasteiger partial charge < -0.3 is 0 Å². The van der Waals surface area contributed by atoms with Gasteiger partial charge in [0.2, 0.25) is 0 Å². The van der Waals surface area contributed by atoms with Crippen LogP contribution < -0.4 is 11.3 Å². The molecule has 0 amide bonds.